The van der Waals surface area contributed by atoms with Gasteiger partial charge in [0.05, 0.1) is 0 Å². The normalized spacial score (nSPS) is 18.1. The van der Waals surface area contributed by atoms with Gasteiger partial charge in [-0.15, -0.1) is 0 Å². The molecule has 1 aliphatic rings. The summed E-state index contributed by atoms with van der Waals surface area (Å²) in [7, 11) is 0. The molecule has 0 fully saturated rings. The summed E-state index contributed by atoms with van der Waals surface area (Å²) in [4.78, 5) is 0. The summed E-state index contributed by atoms with van der Waals surface area (Å²) in [5.41, 5.74) is 2.18. The van der Waals surface area contributed by atoms with Crippen molar-refractivity contribution in [3.8, 4) is 5.75 Å². The van der Waals surface area contributed by atoms with Gasteiger partial charge < -0.3 is 10.1 Å². The van der Waals surface area contributed by atoms with Gasteiger partial charge >= 0.3 is 0 Å². The van der Waals surface area contributed by atoms with Crippen LogP contribution in [-0.2, 0) is 6.42 Å². The van der Waals surface area contributed by atoms with Crippen LogP contribution in [0.5, 0.6) is 5.75 Å². The van der Waals surface area contributed by atoms with E-state index in [2.05, 4.69) is 40.3 Å². The fourth-order valence-electron chi connectivity index (χ4n) is 2.60. The number of halogens is 2. The van der Waals surface area contributed by atoms with Gasteiger partial charge in [0.15, 0.2) is 0 Å². The summed E-state index contributed by atoms with van der Waals surface area (Å²) >= 11 is 3.49. The van der Waals surface area contributed by atoms with E-state index in [4.69, 9.17) is 4.74 Å². The first-order valence-electron chi connectivity index (χ1n) is 7.06. The summed E-state index contributed by atoms with van der Waals surface area (Å²) in [5, 5.41) is 3.48. The molecule has 110 valence electrons. The standard InChI is InChI=1S/C17H17BrFNO/c1-11(12-3-2-4-14(18)7-12)20-10-16-9-13-8-15(19)5-6-17(13)21-16/h2-8,11,16,20H,9-10H2,1H3/t11-,16?/m0/s1. The van der Waals surface area contributed by atoms with Crippen molar-refractivity contribution < 1.29 is 9.13 Å². The number of ether oxygens (including phenoxy) is 1. The fraction of sp³-hybridized carbons (Fsp3) is 0.294. The van der Waals surface area contributed by atoms with Crippen molar-refractivity contribution in [2.24, 2.45) is 0 Å². The van der Waals surface area contributed by atoms with Gasteiger partial charge in [0.2, 0.25) is 0 Å². The molecule has 0 radical (unpaired) electrons. The van der Waals surface area contributed by atoms with Gasteiger partial charge in [-0.25, -0.2) is 4.39 Å². The SMILES string of the molecule is C[C@H](NCC1Cc2cc(F)ccc2O1)c1cccc(Br)c1. The fourth-order valence-corrected chi connectivity index (χ4v) is 3.02. The van der Waals surface area contributed by atoms with Gasteiger partial charge in [0, 0.05) is 29.0 Å². The van der Waals surface area contributed by atoms with E-state index >= 15 is 0 Å². The molecule has 1 unspecified atom stereocenters. The molecule has 0 aliphatic carbocycles. The highest BCUT2D eigenvalue weighted by atomic mass is 79.9. The van der Waals surface area contributed by atoms with Crippen molar-refractivity contribution in [3.63, 3.8) is 0 Å². The lowest BCUT2D eigenvalue weighted by atomic mass is 10.1. The van der Waals surface area contributed by atoms with Crippen molar-refractivity contribution in [1.29, 1.82) is 0 Å². The van der Waals surface area contributed by atoms with Gasteiger partial charge in [-0.1, -0.05) is 28.1 Å². The Morgan fingerprint density at radius 2 is 2.19 bits per heavy atom. The van der Waals surface area contributed by atoms with Crippen molar-refractivity contribution in [2.45, 2.75) is 25.5 Å². The zero-order valence-corrected chi connectivity index (χ0v) is 13.4. The molecule has 2 nitrogen and oxygen atoms in total. The molecule has 0 amide bonds. The van der Waals surface area contributed by atoms with E-state index in [-0.39, 0.29) is 18.0 Å². The Labute approximate surface area is 132 Å². The monoisotopic (exact) mass is 349 g/mol. The minimum absolute atomic E-state index is 0.0661. The van der Waals surface area contributed by atoms with Crippen LogP contribution >= 0.6 is 15.9 Å². The molecule has 1 N–H and O–H groups in total. The molecule has 0 bridgehead atoms. The molecule has 0 aromatic heterocycles. The summed E-state index contributed by atoms with van der Waals surface area (Å²) in [5.74, 6) is 0.603. The lowest BCUT2D eigenvalue weighted by Crippen LogP contribution is -2.31. The van der Waals surface area contributed by atoms with Crippen LogP contribution in [0, 0.1) is 5.82 Å². The lowest BCUT2D eigenvalue weighted by Gasteiger charge is -2.18. The van der Waals surface area contributed by atoms with Crippen LogP contribution < -0.4 is 10.1 Å². The molecule has 2 aromatic carbocycles. The van der Waals surface area contributed by atoms with Crippen LogP contribution in [0.3, 0.4) is 0 Å². The largest absolute Gasteiger partial charge is 0.488 e. The van der Waals surface area contributed by atoms with Crippen LogP contribution in [0.1, 0.15) is 24.1 Å². The minimum atomic E-state index is -0.200. The average molecular weight is 350 g/mol. The van der Waals surface area contributed by atoms with E-state index in [0.717, 1.165) is 28.8 Å². The summed E-state index contributed by atoms with van der Waals surface area (Å²) < 4.78 is 20.1. The van der Waals surface area contributed by atoms with Crippen molar-refractivity contribution in [1.82, 2.24) is 5.32 Å². The van der Waals surface area contributed by atoms with Crippen LogP contribution in [0.25, 0.3) is 0 Å². The Hall–Kier alpha value is -1.39. The zero-order valence-electron chi connectivity index (χ0n) is 11.8. The van der Waals surface area contributed by atoms with E-state index in [0.29, 0.717) is 0 Å². The van der Waals surface area contributed by atoms with Gasteiger partial charge in [-0.3, -0.25) is 0 Å². The third-order valence-electron chi connectivity index (χ3n) is 3.76. The molecule has 0 saturated carbocycles. The first-order valence-corrected chi connectivity index (χ1v) is 7.85. The highest BCUT2D eigenvalue weighted by Crippen LogP contribution is 2.29. The summed E-state index contributed by atoms with van der Waals surface area (Å²) in [6.07, 6.45) is 0.821. The van der Waals surface area contributed by atoms with E-state index in [1.807, 2.05) is 12.1 Å². The van der Waals surface area contributed by atoms with Crippen molar-refractivity contribution in [3.05, 3.63) is 63.9 Å². The molecule has 1 heterocycles. The van der Waals surface area contributed by atoms with Crippen molar-refractivity contribution in [2.75, 3.05) is 6.54 Å². The molecule has 2 atom stereocenters. The Morgan fingerprint density at radius 1 is 1.33 bits per heavy atom. The van der Waals surface area contributed by atoms with Crippen LogP contribution in [-0.4, -0.2) is 12.6 Å². The van der Waals surface area contributed by atoms with E-state index in [1.54, 1.807) is 12.1 Å². The van der Waals surface area contributed by atoms with Crippen LogP contribution in [0.4, 0.5) is 4.39 Å². The molecular weight excluding hydrogens is 333 g/mol. The Balaban J connectivity index is 1.57. The summed E-state index contributed by atoms with van der Waals surface area (Å²) in [6, 6.07) is 13.2. The van der Waals surface area contributed by atoms with Gasteiger partial charge in [-0.05, 0) is 42.8 Å². The third kappa shape index (κ3) is 3.44. The number of hydrogen-bond acceptors (Lipinski definition) is 2. The average Bonchev–Trinajstić information content (AvgIpc) is 2.86. The first-order chi connectivity index (χ1) is 10.1. The van der Waals surface area contributed by atoms with Crippen LogP contribution in [0.15, 0.2) is 46.9 Å². The summed E-state index contributed by atoms with van der Waals surface area (Å²) in [6.45, 7) is 2.87. The molecule has 2 aromatic rings. The van der Waals surface area contributed by atoms with E-state index in [9.17, 15) is 4.39 Å². The number of hydrogen-bond donors (Lipinski definition) is 1. The second kappa shape index (κ2) is 6.16. The molecule has 0 saturated heterocycles. The third-order valence-corrected chi connectivity index (χ3v) is 4.26. The van der Waals surface area contributed by atoms with Crippen LogP contribution in [0.2, 0.25) is 0 Å². The molecule has 3 rings (SSSR count). The number of nitrogens with one attached hydrogen (secondary N) is 1. The quantitative estimate of drug-likeness (QED) is 0.891. The number of rotatable bonds is 4. The molecule has 21 heavy (non-hydrogen) atoms. The first kappa shape index (κ1) is 14.5. The maximum Gasteiger partial charge on any atom is 0.123 e. The number of fused-ring (bicyclic) bond motifs is 1. The smallest absolute Gasteiger partial charge is 0.123 e. The minimum Gasteiger partial charge on any atom is -0.488 e. The second-order valence-electron chi connectivity index (χ2n) is 5.38. The molecule has 4 heteroatoms. The zero-order chi connectivity index (χ0) is 14.8. The van der Waals surface area contributed by atoms with Gasteiger partial charge in [0.1, 0.15) is 17.7 Å². The Bertz CT molecular complexity index is 646. The maximum atomic E-state index is 13.2. The molecular formula is C17H17BrFNO. The predicted molar refractivity (Wildman–Crippen MR) is 85.1 cm³/mol. The second-order valence-corrected chi connectivity index (χ2v) is 6.30. The van der Waals surface area contributed by atoms with Gasteiger partial charge in [-0.2, -0.15) is 0 Å². The molecule has 1 aliphatic heterocycles. The highest BCUT2D eigenvalue weighted by molar-refractivity contribution is 9.10. The predicted octanol–water partition coefficient (Wildman–Crippen LogP) is 4.24. The lowest BCUT2D eigenvalue weighted by molar-refractivity contribution is 0.222. The highest BCUT2D eigenvalue weighted by Gasteiger charge is 2.23. The molecule has 0 spiro atoms. The maximum absolute atomic E-state index is 13.2. The van der Waals surface area contributed by atoms with Gasteiger partial charge in [0.25, 0.3) is 0 Å². The van der Waals surface area contributed by atoms with Crippen molar-refractivity contribution >= 4 is 15.9 Å². The Morgan fingerprint density at radius 3 is 3.00 bits per heavy atom. The number of benzene rings is 2. The topological polar surface area (TPSA) is 21.3 Å². The Kier molecular flexibility index (Phi) is 4.27. The van der Waals surface area contributed by atoms with E-state index < -0.39 is 0 Å². The van der Waals surface area contributed by atoms with E-state index in [1.165, 1.54) is 11.6 Å².